The molecule has 1 saturated carbocycles. The van der Waals surface area contributed by atoms with Gasteiger partial charge in [0.05, 0.1) is 18.4 Å². The van der Waals surface area contributed by atoms with Gasteiger partial charge in [0.15, 0.2) is 0 Å². The van der Waals surface area contributed by atoms with Gasteiger partial charge in [0.25, 0.3) is 0 Å². The molecule has 1 aromatic carbocycles. The number of nitrogen functional groups attached to an aromatic ring is 1. The maximum atomic E-state index is 13.1. The van der Waals surface area contributed by atoms with Crippen LogP contribution in [-0.4, -0.2) is 19.8 Å². The first-order valence-corrected chi connectivity index (χ1v) is 6.41. The highest BCUT2D eigenvalue weighted by atomic mass is 19.1. The highest BCUT2D eigenvalue weighted by Gasteiger charge is 2.25. The van der Waals surface area contributed by atoms with Crippen LogP contribution in [0.1, 0.15) is 25.7 Å². The van der Waals surface area contributed by atoms with Crippen LogP contribution in [0, 0.1) is 11.7 Å². The first-order valence-electron chi connectivity index (χ1n) is 6.41. The van der Waals surface area contributed by atoms with Crippen LogP contribution in [-0.2, 0) is 4.74 Å². The summed E-state index contributed by atoms with van der Waals surface area (Å²) in [6.45, 7) is 0.534. The number of hydrogen-bond acceptors (Lipinski definition) is 3. The van der Waals surface area contributed by atoms with Gasteiger partial charge in [0.2, 0.25) is 0 Å². The van der Waals surface area contributed by atoms with Gasteiger partial charge >= 0.3 is 0 Å². The van der Waals surface area contributed by atoms with Crippen molar-refractivity contribution in [3.8, 4) is 5.75 Å². The van der Waals surface area contributed by atoms with Crippen molar-refractivity contribution < 1.29 is 13.9 Å². The Labute approximate surface area is 107 Å². The zero-order valence-corrected chi connectivity index (χ0v) is 10.7. The highest BCUT2D eigenvalue weighted by molar-refractivity contribution is 5.52. The third kappa shape index (κ3) is 3.13. The zero-order valence-electron chi connectivity index (χ0n) is 10.7. The fourth-order valence-electron chi connectivity index (χ4n) is 2.50. The lowest BCUT2D eigenvalue weighted by Crippen LogP contribution is -2.31. The lowest BCUT2D eigenvalue weighted by atomic mass is 9.87. The number of benzene rings is 1. The fraction of sp³-hybridized carbons (Fsp3) is 0.571. The number of anilines is 1. The predicted molar refractivity (Wildman–Crippen MR) is 69.1 cm³/mol. The van der Waals surface area contributed by atoms with E-state index < -0.39 is 0 Å². The largest absolute Gasteiger partial charge is 0.491 e. The van der Waals surface area contributed by atoms with Crippen LogP contribution in [0.25, 0.3) is 0 Å². The van der Waals surface area contributed by atoms with Crippen LogP contribution in [0.3, 0.4) is 0 Å². The van der Waals surface area contributed by atoms with Gasteiger partial charge in [-0.05, 0) is 25.0 Å². The molecule has 2 unspecified atom stereocenters. The Hall–Kier alpha value is -1.29. The molecule has 0 heterocycles. The molecule has 0 radical (unpaired) electrons. The quantitative estimate of drug-likeness (QED) is 0.839. The van der Waals surface area contributed by atoms with Gasteiger partial charge < -0.3 is 15.2 Å². The van der Waals surface area contributed by atoms with Crippen LogP contribution in [0.15, 0.2) is 18.2 Å². The average molecular weight is 253 g/mol. The SMILES string of the molecule is COC1CCCCC1COc1cc(F)ccc1N. The van der Waals surface area contributed by atoms with Gasteiger partial charge in [-0.25, -0.2) is 4.39 Å². The van der Waals surface area contributed by atoms with Crippen molar-refractivity contribution in [2.45, 2.75) is 31.8 Å². The molecule has 2 N–H and O–H groups in total. The molecular weight excluding hydrogens is 233 g/mol. The fourth-order valence-corrected chi connectivity index (χ4v) is 2.50. The molecule has 0 saturated heterocycles. The van der Waals surface area contributed by atoms with Crippen molar-refractivity contribution in [1.29, 1.82) is 0 Å². The summed E-state index contributed by atoms with van der Waals surface area (Å²) < 4.78 is 24.2. The van der Waals surface area contributed by atoms with Crippen molar-refractivity contribution in [2.24, 2.45) is 5.92 Å². The van der Waals surface area contributed by atoms with E-state index in [0.29, 0.717) is 24.0 Å². The Morgan fingerprint density at radius 3 is 2.89 bits per heavy atom. The lowest BCUT2D eigenvalue weighted by molar-refractivity contribution is 0.00490. The number of ether oxygens (including phenoxy) is 2. The zero-order chi connectivity index (χ0) is 13.0. The molecule has 3 nitrogen and oxygen atoms in total. The van der Waals surface area contributed by atoms with Gasteiger partial charge in [-0.15, -0.1) is 0 Å². The molecule has 1 aliphatic carbocycles. The van der Waals surface area contributed by atoms with Gasteiger partial charge in [0.1, 0.15) is 11.6 Å². The summed E-state index contributed by atoms with van der Waals surface area (Å²) in [6, 6.07) is 4.19. The smallest absolute Gasteiger partial charge is 0.145 e. The molecule has 18 heavy (non-hydrogen) atoms. The summed E-state index contributed by atoms with van der Waals surface area (Å²) in [5, 5.41) is 0. The molecule has 4 heteroatoms. The first kappa shape index (κ1) is 13.1. The molecule has 0 bridgehead atoms. The number of rotatable bonds is 4. The van der Waals surface area contributed by atoms with E-state index in [2.05, 4.69) is 0 Å². The Bertz CT molecular complexity index is 397. The minimum Gasteiger partial charge on any atom is -0.491 e. The summed E-state index contributed by atoms with van der Waals surface area (Å²) in [6.07, 6.45) is 4.81. The van der Waals surface area contributed by atoms with Crippen LogP contribution in [0.5, 0.6) is 5.75 Å². The Kier molecular flexibility index (Phi) is 4.42. The summed E-state index contributed by atoms with van der Waals surface area (Å²) in [7, 11) is 1.74. The standard InChI is InChI=1S/C14H20FNO2/c1-17-13-5-3-2-4-10(13)9-18-14-8-11(15)6-7-12(14)16/h6-8,10,13H,2-5,9,16H2,1H3. The number of methoxy groups -OCH3 is 1. The number of halogens is 1. The normalized spacial score (nSPS) is 23.9. The van der Waals surface area contributed by atoms with Crippen LogP contribution >= 0.6 is 0 Å². The maximum Gasteiger partial charge on any atom is 0.145 e. The number of hydrogen-bond donors (Lipinski definition) is 1. The van der Waals surface area contributed by atoms with Crippen molar-refractivity contribution in [2.75, 3.05) is 19.5 Å². The molecule has 0 aliphatic heterocycles. The van der Waals surface area contributed by atoms with E-state index >= 15 is 0 Å². The molecule has 1 aliphatic rings. The minimum atomic E-state index is -0.328. The van der Waals surface area contributed by atoms with Gasteiger partial charge in [0, 0.05) is 19.1 Å². The Morgan fingerprint density at radius 2 is 2.11 bits per heavy atom. The molecule has 100 valence electrons. The molecule has 1 fully saturated rings. The molecule has 0 aromatic heterocycles. The van der Waals surface area contributed by atoms with Gasteiger partial charge in [-0.2, -0.15) is 0 Å². The summed E-state index contributed by atoms with van der Waals surface area (Å²) in [5.41, 5.74) is 6.22. The van der Waals surface area contributed by atoms with E-state index in [9.17, 15) is 4.39 Å². The summed E-state index contributed by atoms with van der Waals surface area (Å²) in [5.74, 6) is 0.466. The lowest BCUT2D eigenvalue weighted by Gasteiger charge is -2.30. The van der Waals surface area contributed by atoms with E-state index in [1.54, 1.807) is 7.11 Å². The summed E-state index contributed by atoms with van der Waals surface area (Å²) >= 11 is 0. The van der Waals surface area contributed by atoms with E-state index in [0.717, 1.165) is 12.8 Å². The van der Waals surface area contributed by atoms with Gasteiger partial charge in [-0.1, -0.05) is 12.8 Å². The van der Waals surface area contributed by atoms with Crippen LogP contribution in [0.2, 0.25) is 0 Å². The van der Waals surface area contributed by atoms with Gasteiger partial charge in [-0.3, -0.25) is 0 Å². The van der Waals surface area contributed by atoms with Crippen molar-refractivity contribution >= 4 is 5.69 Å². The second-order valence-electron chi connectivity index (χ2n) is 4.81. The number of nitrogens with two attached hydrogens (primary N) is 1. The molecule has 2 atom stereocenters. The molecule has 2 rings (SSSR count). The second kappa shape index (κ2) is 6.05. The monoisotopic (exact) mass is 253 g/mol. The van der Waals surface area contributed by atoms with E-state index in [4.69, 9.17) is 15.2 Å². The first-order chi connectivity index (χ1) is 8.70. The predicted octanol–water partition coefficient (Wildman–Crippen LogP) is 2.99. The minimum absolute atomic E-state index is 0.244. The second-order valence-corrected chi connectivity index (χ2v) is 4.81. The van der Waals surface area contributed by atoms with Crippen molar-refractivity contribution in [1.82, 2.24) is 0 Å². The molecule has 0 amide bonds. The maximum absolute atomic E-state index is 13.1. The Morgan fingerprint density at radius 1 is 1.33 bits per heavy atom. The van der Waals surface area contributed by atoms with Crippen LogP contribution in [0.4, 0.5) is 10.1 Å². The molecular formula is C14H20FNO2. The third-order valence-electron chi connectivity index (χ3n) is 3.57. The third-order valence-corrected chi connectivity index (χ3v) is 3.57. The van der Waals surface area contributed by atoms with E-state index in [-0.39, 0.29) is 11.9 Å². The highest BCUT2D eigenvalue weighted by Crippen LogP contribution is 2.29. The molecule has 1 aromatic rings. The van der Waals surface area contributed by atoms with Crippen molar-refractivity contribution in [3.05, 3.63) is 24.0 Å². The average Bonchev–Trinajstić information content (AvgIpc) is 2.40. The summed E-state index contributed by atoms with van der Waals surface area (Å²) in [4.78, 5) is 0. The van der Waals surface area contributed by atoms with Crippen molar-refractivity contribution in [3.63, 3.8) is 0 Å². The van der Waals surface area contributed by atoms with E-state index in [1.165, 1.54) is 31.0 Å². The van der Waals surface area contributed by atoms with E-state index in [1.807, 2.05) is 0 Å². The Balaban J connectivity index is 1.95. The van der Waals surface area contributed by atoms with Crippen LogP contribution < -0.4 is 10.5 Å². The molecule has 0 spiro atoms. The topological polar surface area (TPSA) is 44.5 Å².